The highest BCUT2D eigenvalue weighted by Crippen LogP contribution is 2.32. The maximum atomic E-state index is 6.03. The van der Waals surface area contributed by atoms with Gasteiger partial charge in [-0.25, -0.2) is 9.50 Å². The molecule has 0 aliphatic heterocycles. The SMILES string of the molecule is Cc1cc2nc(-c3ccc(Cl)cc3)c(NC3CCCCC3)n2[nH]1. The lowest BCUT2D eigenvalue weighted by atomic mass is 9.95. The van der Waals surface area contributed by atoms with Gasteiger partial charge in [-0.05, 0) is 31.9 Å². The standard InChI is InChI=1S/C18H21ClN4/c1-12-11-16-21-17(13-7-9-14(19)10-8-13)18(23(16)22-12)20-15-5-3-2-4-6-15/h7-11,15,20,22H,2-6H2,1H3. The van der Waals surface area contributed by atoms with E-state index in [2.05, 4.69) is 27.9 Å². The van der Waals surface area contributed by atoms with Crippen LogP contribution in [0.2, 0.25) is 5.02 Å². The van der Waals surface area contributed by atoms with E-state index in [-0.39, 0.29) is 0 Å². The van der Waals surface area contributed by atoms with Crippen LogP contribution < -0.4 is 5.32 Å². The topological polar surface area (TPSA) is 45.1 Å². The largest absolute Gasteiger partial charge is 0.365 e. The van der Waals surface area contributed by atoms with Gasteiger partial charge in [-0.2, -0.15) is 0 Å². The number of anilines is 1. The first-order valence-corrected chi connectivity index (χ1v) is 8.69. The minimum Gasteiger partial charge on any atom is -0.365 e. The van der Waals surface area contributed by atoms with E-state index in [0.717, 1.165) is 33.4 Å². The summed E-state index contributed by atoms with van der Waals surface area (Å²) in [5, 5.41) is 7.87. The van der Waals surface area contributed by atoms with Gasteiger partial charge in [0, 0.05) is 28.4 Å². The predicted molar refractivity (Wildman–Crippen MR) is 95.2 cm³/mol. The first kappa shape index (κ1) is 14.6. The summed E-state index contributed by atoms with van der Waals surface area (Å²) >= 11 is 6.03. The minimum atomic E-state index is 0.526. The molecule has 1 aliphatic carbocycles. The first-order chi connectivity index (χ1) is 11.2. The van der Waals surface area contributed by atoms with Crippen molar-refractivity contribution in [1.82, 2.24) is 14.6 Å². The van der Waals surface area contributed by atoms with Crippen LogP contribution in [0.15, 0.2) is 30.3 Å². The molecule has 2 N–H and O–H groups in total. The van der Waals surface area contributed by atoms with Crippen molar-refractivity contribution in [2.75, 3.05) is 5.32 Å². The molecular weight excluding hydrogens is 308 g/mol. The van der Waals surface area contributed by atoms with Gasteiger partial charge in [0.1, 0.15) is 5.69 Å². The van der Waals surface area contributed by atoms with Gasteiger partial charge in [0.25, 0.3) is 0 Å². The molecule has 0 spiro atoms. The Morgan fingerprint density at radius 1 is 1.17 bits per heavy atom. The average molecular weight is 329 g/mol. The Bertz CT molecular complexity index is 810. The van der Waals surface area contributed by atoms with Gasteiger partial charge in [-0.3, -0.25) is 5.10 Å². The molecule has 120 valence electrons. The molecule has 0 saturated heterocycles. The highest BCUT2D eigenvalue weighted by atomic mass is 35.5. The maximum absolute atomic E-state index is 6.03. The molecule has 1 saturated carbocycles. The third kappa shape index (κ3) is 2.83. The number of nitrogens with one attached hydrogen (secondary N) is 2. The van der Waals surface area contributed by atoms with E-state index in [0.29, 0.717) is 6.04 Å². The summed E-state index contributed by atoms with van der Waals surface area (Å²) in [6.45, 7) is 2.06. The van der Waals surface area contributed by atoms with Crippen LogP contribution in [0.4, 0.5) is 5.82 Å². The number of H-pyrrole nitrogens is 1. The van der Waals surface area contributed by atoms with Crippen molar-refractivity contribution in [2.24, 2.45) is 0 Å². The molecule has 4 nitrogen and oxygen atoms in total. The number of aromatic amines is 1. The van der Waals surface area contributed by atoms with E-state index < -0.39 is 0 Å². The van der Waals surface area contributed by atoms with E-state index in [1.54, 1.807) is 0 Å². The molecule has 5 heteroatoms. The molecular formula is C18H21ClN4. The number of benzene rings is 1. The molecule has 0 atom stereocenters. The van der Waals surface area contributed by atoms with Crippen LogP contribution in [0.3, 0.4) is 0 Å². The molecule has 1 aromatic carbocycles. The van der Waals surface area contributed by atoms with Gasteiger partial charge in [-0.15, -0.1) is 0 Å². The summed E-state index contributed by atoms with van der Waals surface area (Å²) in [6, 6.07) is 10.5. The zero-order valence-electron chi connectivity index (χ0n) is 13.3. The van der Waals surface area contributed by atoms with Crippen molar-refractivity contribution in [2.45, 2.75) is 45.1 Å². The fraction of sp³-hybridized carbons (Fsp3) is 0.389. The smallest absolute Gasteiger partial charge is 0.156 e. The van der Waals surface area contributed by atoms with Gasteiger partial charge >= 0.3 is 0 Å². The number of aromatic nitrogens is 3. The Kier molecular flexibility index (Phi) is 3.77. The molecule has 0 radical (unpaired) electrons. The van der Waals surface area contributed by atoms with Gasteiger partial charge in [0.15, 0.2) is 11.5 Å². The van der Waals surface area contributed by atoms with Crippen molar-refractivity contribution in [3.63, 3.8) is 0 Å². The second-order valence-corrected chi connectivity index (χ2v) is 6.86. The number of rotatable bonds is 3. The fourth-order valence-electron chi connectivity index (χ4n) is 3.43. The normalized spacial score (nSPS) is 16.1. The number of hydrogen-bond donors (Lipinski definition) is 2. The van der Waals surface area contributed by atoms with Crippen LogP contribution in [-0.4, -0.2) is 20.6 Å². The number of aryl methyl sites for hydroxylation is 1. The monoisotopic (exact) mass is 328 g/mol. The minimum absolute atomic E-state index is 0.526. The lowest BCUT2D eigenvalue weighted by molar-refractivity contribution is 0.461. The van der Waals surface area contributed by atoms with E-state index in [1.165, 1.54) is 32.1 Å². The van der Waals surface area contributed by atoms with E-state index >= 15 is 0 Å². The van der Waals surface area contributed by atoms with Crippen molar-refractivity contribution >= 4 is 23.1 Å². The second-order valence-electron chi connectivity index (χ2n) is 6.43. The van der Waals surface area contributed by atoms with Crippen LogP contribution in [0, 0.1) is 6.92 Å². The molecule has 23 heavy (non-hydrogen) atoms. The Morgan fingerprint density at radius 3 is 2.65 bits per heavy atom. The lowest BCUT2D eigenvalue weighted by Gasteiger charge is -2.23. The second kappa shape index (κ2) is 5.93. The number of nitrogens with zero attached hydrogens (tertiary/aromatic N) is 2. The molecule has 3 aromatic rings. The first-order valence-electron chi connectivity index (χ1n) is 8.31. The zero-order valence-corrected chi connectivity index (χ0v) is 14.0. The highest BCUT2D eigenvalue weighted by Gasteiger charge is 2.20. The molecule has 1 aliphatic rings. The van der Waals surface area contributed by atoms with E-state index in [4.69, 9.17) is 16.6 Å². The van der Waals surface area contributed by atoms with Crippen LogP contribution in [0.5, 0.6) is 0 Å². The molecule has 1 fully saturated rings. The maximum Gasteiger partial charge on any atom is 0.156 e. The van der Waals surface area contributed by atoms with Crippen LogP contribution in [0.1, 0.15) is 37.8 Å². The molecule has 2 heterocycles. The van der Waals surface area contributed by atoms with Crippen LogP contribution in [0.25, 0.3) is 16.9 Å². The van der Waals surface area contributed by atoms with Gasteiger partial charge in [-0.1, -0.05) is 43.0 Å². The molecule has 2 aromatic heterocycles. The molecule has 0 unspecified atom stereocenters. The molecule has 0 bridgehead atoms. The Morgan fingerprint density at radius 2 is 1.91 bits per heavy atom. The van der Waals surface area contributed by atoms with Crippen molar-refractivity contribution in [3.8, 4) is 11.3 Å². The molecule has 4 rings (SSSR count). The highest BCUT2D eigenvalue weighted by molar-refractivity contribution is 6.30. The summed E-state index contributed by atoms with van der Waals surface area (Å²) in [4.78, 5) is 4.83. The fourth-order valence-corrected chi connectivity index (χ4v) is 3.56. The van der Waals surface area contributed by atoms with Crippen LogP contribution >= 0.6 is 11.6 Å². The quantitative estimate of drug-likeness (QED) is 0.707. The van der Waals surface area contributed by atoms with Crippen molar-refractivity contribution < 1.29 is 0 Å². The third-order valence-electron chi connectivity index (χ3n) is 4.60. The third-order valence-corrected chi connectivity index (χ3v) is 4.85. The summed E-state index contributed by atoms with van der Waals surface area (Å²) in [5.41, 5.74) is 4.13. The number of imidazole rings is 1. The lowest BCUT2D eigenvalue weighted by Crippen LogP contribution is -2.23. The zero-order chi connectivity index (χ0) is 15.8. The summed E-state index contributed by atoms with van der Waals surface area (Å²) in [5.74, 6) is 1.06. The number of halogens is 1. The Hall–Kier alpha value is -1.94. The van der Waals surface area contributed by atoms with Crippen LogP contribution in [-0.2, 0) is 0 Å². The van der Waals surface area contributed by atoms with Gasteiger partial charge in [0.05, 0.1) is 0 Å². The summed E-state index contributed by atoms with van der Waals surface area (Å²) in [7, 11) is 0. The summed E-state index contributed by atoms with van der Waals surface area (Å²) < 4.78 is 2.06. The summed E-state index contributed by atoms with van der Waals surface area (Å²) in [6.07, 6.45) is 6.42. The number of hydrogen-bond acceptors (Lipinski definition) is 2. The Labute approximate surface area is 140 Å². The van der Waals surface area contributed by atoms with E-state index in [9.17, 15) is 0 Å². The van der Waals surface area contributed by atoms with Gasteiger partial charge < -0.3 is 5.32 Å². The van der Waals surface area contributed by atoms with Gasteiger partial charge in [0.2, 0.25) is 0 Å². The average Bonchev–Trinajstić information content (AvgIpc) is 3.07. The Balaban J connectivity index is 1.77. The van der Waals surface area contributed by atoms with Crippen molar-refractivity contribution in [1.29, 1.82) is 0 Å². The number of fused-ring (bicyclic) bond motifs is 1. The van der Waals surface area contributed by atoms with Crippen molar-refractivity contribution in [3.05, 3.63) is 41.0 Å². The molecule has 0 amide bonds. The predicted octanol–water partition coefficient (Wildman–Crippen LogP) is 5.04. The van der Waals surface area contributed by atoms with E-state index in [1.807, 2.05) is 24.3 Å².